The summed E-state index contributed by atoms with van der Waals surface area (Å²) in [6.45, 7) is 2.66. The van der Waals surface area contributed by atoms with Crippen LogP contribution in [-0.2, 0) is 12.3 Å². The van der Waals surface area contributed by atoms with Crippen LogP contribution in [0.25, 0.3) is 0 Å². The molecular formula is C15H16ClNS. The maximum Gasteiger partial charge on any atom is 0.0449 e. The van der Waals surface area contributed by atoms with Crippen LogP contribution in [0.15, 0.2) is 47.4 Å². The molecule has 0 aliphatic heterocycles. The van der Waals surface area contributed by atoms with Gasteiger partial charge < -0.3 is 5.73 Å². The van der Waals surface area contributed by atoms with Crippen LogP contribution < -0.4 is 5.73 Å². The highest BCUT2D eigenvalue weighted by Gasteiger charge is 2.04. The van der Waals surface area contributed by atoms with Gasteiger partial charge in [0.25, 0.3) is 0 Å². The Morgan fingerprint density at radius 2 is 1.94 bits per heavy atom. The van der Waals surface area contributed by atoms with Crippen LogP contribution in [0.1, 0.15) is 16.7 Å². The Morgan fingerprint density at radius 3 is 2.61 bits per heavy atom. The van der Waals surface area contributed by atoms with E-state index in [1.165, 1.54) is 10.5 Å². The molecule has 0 heterocycles. The molecule has 18 heavy (non-hydrogen) atoms. The van der Waals surface area contributed by atoms with Crippen LogP contribution in [-0.4, -0.2) is 0 Å². The minimum atomic E-state index is 0.533. The largest absolute Gasteiger partial charge is 0.326 e. The number of rotatable bonds is 4. The Kier molecular flexibility index (Phi) is 4.70. The summed E-state index contributed by atoms with van der Waals surface area (Å²) in [4.78, 5) is 1.30. The number of aryl methyl sites for hydroxylation is 1. The molecule has 0 aliphatic carbocycles. The summed E-state index contributed by atoms with van der Waals surface area (Å²) in [6, 6.07) is 14.4. The number of hydrogen-bond acceptors (Lipinski definition) is 2. The summed E-state index contributed by atoms with van der Waals surface area (Å²) in [5.74, 6) is 0.883. The first-order valence-electron chi connectivity index (χ1n) is 5.86. The zero-order valence-electron chi connectivity index (χ0n) is 10.3. The lowest BCUT2D eigenvalue weighted by molar-refractivity contribution is 1.07. The van der Waals surface area contributed by atoms with E-state index in [2.05, 4.69) is 37.3 Å². The second-order valence-electron chi connectivity index (χ2n) is 4.18. The molecule has 2 aromatic carbocycles. The van der Waals surface area contributed by atoms with Crippen molar-refractivity contribution in [3.63, 3.8) is 0 Å². The van der Waals surface area contributed by atoms with E-state index in [0.29, 0.717) is 6.54 Å². The lowest BCUT2D eigenvalue weighted by Crippen LogP contribution is -1.96. The smallest absolute Gasteiger partial charge is 0.0449 e. The highest BCUT2D eigenvalue weighted by molar-refractivity contribution is 7.98. The van der Waals surface area contributed by atoms with Gasteiger partial charge in [0.15, 0.2) is 0 Å². The highest BCUT2D eigenvalue weighted by atomic mass is 35.5. The fourth-order valence-electron chi connectivity index (χ4n) is 1.71. The minimum absolute atomic E-state index is 0.533. The third kappa shape index (κ3) is 3.29. The van der Waals surface area contributed by atoms with Gasteiger partial charge in [-0.05, 0) is 35.7 Å². The predicted octanol–water partition coefficient (Wildman–Crippen LogP) is 4.40. The van der Waals surface area contributed by atoms with Crippen molar-refractivity contribution >= 4 is 23.4 Å². The molecule has 94 valence electrons. The van der Waals surface area contributed by atoms with Gasteiger partial charge in [-0.25, -0.2) is 0 Å². The minimum Gasteiger partial charge on any atom is -0.326 e. The van der Waals surface area contributed by atoms with Crippen molar-refractivity contribution in [2.24, 2.45) is 5.73 Å². The monoisotopic (exact) mass is 277 g/mol. The van der Waals surface area contributed by atoms with Crippen molar-refractivity contribution in [3.05, 3.63) is 64.2 Å². The Labute approximate surface area is 117 Å². The molecule has 0 saturated carbocycles. The molecule has 0 unspecified atom stereocenters. The Morgan fingerprint density at radius 1 is 1.17 bits per heavy atom. The zero-order chi connectivity index (χ0) is 13.0. The van der Waals surface area contributed by atoms with Crippen molar-refractivity contribution in [2.45, 2.75) is 24.1 Å². The van der Waals surface area contributed by atoms with E-state index in [-0.39, 0.29) is 0 Å². The molecule has 0 atom stereocenters. The van der Waals surface area contributed by atoms with E-state index < -0.39 is 0 Å². The molecule has 0 spiro atoms. The summed E-state index contributed by atoms with van der Waals surface area (Å²) >= 11 is 8.06. The molecular weight excluding hydrogens is 262 g/mol. The van der Waals surface area contributed by atoms with Gasteiger partial charge in [-0.3, -0.25) is 0 Å². The van der Waals surface area contributed by atoms with Crippen LogP contribution in [0.5, 0.6) is 0 Å². The van der Waals surface area contributed by atoms with E-state index in [1.807, 2.05) is 23.9 Å². The van der Waals surface area contributed by atoms with Gasteiger partial charge in [0.2, 0.25) is 0 Å². The second-order valence-corrected chi connectivity index (χ2v) is 5.61. The lowest BCUT2D eigenvalue weighted by atomic mass is 10.1. The quantitative estimate of drug-likeness (QED) is 0.839. The van der Waals surface area contributed by atoms with E-state index in [9.17, 15) is 0 Å². The fourth-order valence-corrected chi connectivity index (χ4v) is 3.09. The summed E-state index contributed by atoms with van der Waals surface area (Å²) in [7, 11) is 0. The average molecular weight is 278 g/mol. The number of nitrogens with two attached hydrogens (primary N) is 1. The molecule has 0 saturated heterocycles. The molecule has 1 nitrogen and oxygen atoms in total. The number of hydrogen-bond donors (Lipinski definition) is 1. The number of thioether (sulfide) groups is 1. The van der Waals surface area contributed by atoms with Gasteiger partial charge in [-0.1, -0.05) is 41.9 Å². The van der Waals surface area contributed by atoms with E-state index in [0.717, 1.165) is 21.9 Å². The molecule has 2 N–H and O–H groups in total. The van der Waals surface area contributed by atoms with Crippen molar-refractivity contribution in [1.29, 1.82) is 0 Å². The first kappa shape index (κ1) is 13.5. The van der Waals surface area contributed by atoms with Gasteiger partial charge in [0.05, 0.1) is 0 Å². The molecule has 0 amide bonds. The standard InChI is InChI=1S/C15H16ClNS/c1-11-4-2-3-5-15(11)18-10-13-7-6-12(9-17)8-14(13)16/h2-8H,9-10,17H2,1H3. The fraction of sp³-hybridized carbons (Fsp3) is 0.200. The number of halogens is 1. The van der Waals surface area contributed by atoms with Gasteiger partial charge in [-0.2, -0.15) is 0 Å². The van der Waals surface area contributed by atoms with Gasteiger partial charge in [-0.15, -0.1) is 11.8 Å². The first-order chi connectivity index (χ1) is 8.70. The van der Waals surface area contributed by atoms with E-state index in [1.54, 1.807) is 0 Å². The third-order valence-electron chi connectivity index (χ3n) is 2.83. The van der Waals surface area contributed by atoms with Crippen LogP contribution in [0, 0.1) is 6.92 Å². The third-order valence-corrected chi connectivity index (χ3v) is 4.41. The summed E-state index contributed by atoms with van der Waals surface area (Å²) < 4.78 is 0. The maximum absolute atomic E-state index is 6.25. The Hall–Kier alpha value is -0.960. The normalized spacial score (nSPS) is 10.6. The molecule has 2 rings (SSSR count). The van der Waals surface area contributed by atoms with Gasteiger partial charge in [0.1, 0.15) is 0 Å². The van der Waals surface area contributed by atoms with Crippen molar-refractivity contribution in [3.8, 4) is 0 Å². The second kappa shape index (κ2) is 6.28. The lowest BCUT2D eigenvalue weighted by Gasteiger charge is -2.08. The topological polar surface area (TPSA) is 26.0 Å². The highest BCUT2D eigenvalue weighted by Crippen LogP contribution is 2.29. The SMILES string of the molecule is Cc1ccccc1SCc1ccc(CN)cc1Cl. The number of benzene rings is 2. The van der Waals surface area contributed by atoms with Crippen LogP contribution in [0.4, 0.5) is 0 Å². The Balaban J connectivity index is 2.09. The molecule has 0 aliphatic rings. The molecule has 0 aromatic heterocycles. The summed E-state index contributed by atoms with van der Waals surface area (Å²) in [6.07, 6.45) is 0. The molecule has 3 heteroatoms. The van der Waals surface area contributed by atoms with Crippen molar-refractivity contribution < 1.29 is 0 Å². The van der Waals surface area contributed by atoms with Crippen LogP contribution in [0.2, 0.25) is 5.02 Å². The van der Waals surface area contributed by atoms with Gasteiger partial charge in [0, 0.05) is 22.2 Å². The average Bonchev–Trinajstić information content (AvgIpc) is 2.39. The first-order valence-corrected chi connectivity index (χ1v) is 7.23. The van der Waals surface area contributed by atoms with Gasteiger partial charge >= 0.3 is 0 Å². The summed E-state index contributed by atoms with van der Waals surface area (Å²) in [5, 5.41) is 0.805. The summed E-state index contributed by atoms with van der Waals surface area (Å²) in [5.41, 5.74) is 9.12. The van der Waals surface area contributed by atoms with Crippen LogP contribution in [0.3, 0.4) is 0 Å². The molecule has 0 fully saturated rings. The molecule has 0 bridgehead atoms. The van der Waals surface area contributed by atoms with E-state index >= 15 is 0 Å². The van der Waals surface area contributed by atoms with Crippen molar-refractivity contribution in [2.75, 3.05) is 0 Å². The van der Waals surface area contributed by atoms with Crippen molar-refractivity contribution in [1.82, 2.24) is 0 Å². The van der Waals surface area contributed by atoms with E-state index in [4.69, 9.17) is 17.3 Å². The Bertz CT molecular complexity index is 540. The van der Waals surface area contributed by atoms with Crippen LogP contribution >= 0.6 is 23.4 Å². The zero-order valence-corrected chi connectivity index (χ0v) is 11.9. The molecule has 0 radical (unpaired) electrons. The predicted molar refractivity (Wildman–Crippen MR) is 80.1 cm³/mol. The maximum atomic E-state index is 6.25. The molecule has 2 aromatic rings.